The molecule has 1 fully saturated rings. The van der Waals surface area contributed by atoms with Crippen molar-refractivity contribution in [2.75, 3.05) is 11.5 Å². The highest BCUT2D eigenvalue weighted by Crippen LogP contribution is 2.25. The molecule has 4 heteroatoms. The summed E-state index contributed by atoms with van der Waals surface area (Å²) in [7, 11) is 1.82. The highest BCUT2D eigenvalue weighted by Gasteiger charge is 2.16. The number of carbonyl (C=O) groups excluding carboxylic acids is 1. The highest BCUT2D eigenvalue weighted by molar-refractivity contribution is 7.99. The van der Waals surface area contributed by atoms with Gasteiger partial charge in [-0.2, -0.15) is 16.9 Å². The number of rotatable bonds is 3. The Kier molecular flexibility index (Phi) is 3.46. The van der Waals surface area contributed by atoms with Gasteiger partial charge in [0.15, 0.2) is 6.29 Å². The third-order valence-electron chi connectivity index (χ3n) is 2.84. The Morgan fingerprint density at radius 3 is 3.20 bits per heavy atom. The molecule has 0 saturated carbocycles. The second kappa shape index (κ2) is 4.84. The zero-order valence-electron chi connectivity index (χ0n) is 8.98. The molecule has 1 unspecified atom stereocenters. The summed E-state index contributed by atoms with van der Waals surface area (Å²) in [5, 5.41) is 4.35. The second-order valence-electron chi connectivity index (χ2n) is 4.09. The fourth-order valence-electron chi connectivity index (χ4n) is 2.02. The molecule has 15 heavy (non-hydrogen) atoms. The first-order chi connectivity index (χ1) is 7.29. The number of hydrogen-bond acceptors (Lipinski definition) is 3. The summed E-state index contributed by atoms with van der Waals surface area (Å²) < 4.78 is 1.66. The van der Waals surface area contributed by atoms with Gasteiger partial charge in [-0.15, -0.1) is 0 Å². The van der Waals surface area contributed by atoms with E-state index in [-0.39, 0.29) is 0 Å². The smallest absolute Gasteiger partial charge is 0.168 e. The molecule has 1 atom stereocenters. The standard InChI is InChI=1S/C11H16N2OS/c1-13-11(7-14)6-10(12-13)5-9-3-2-4-15-8-9/h6-7,9H,2-5,8H2,1H3. The molecule has 3 nitrogen and oxygen atoms in total. The number of aromatic nitrogens is 2. The number of carbonyl (C=O) groups is 1. The van der Waals surface area contributed by atoms with E-state index in [1.54, 1.807) is 4.68 Å². The van der Waals surface area contributed by atoms with E-state index in [1.807, 2.05) is 24.9 Å². The van der Waals surface area contributed by atoms with Crippen LogP contribution < -0.4 is 0 Å². The van der Waals surface area contributed by atoms with Crippen LogP contribution in [0.15, 0.2) is 6.07 Å². The van der Waals surface area contributed by atoms with Crippen molar-refractivity contribution < 1.29 is 4.79 Å². The van der Waals surface area contributed by atoms with Crippen molar-refractivity contribution in [1.29, 1.82) is 0 Å². The summed E-state index contributed by atoms with van der Waals surface area (Å²) in [4.78, 5) is 10.7. The van der Waals surface area contributed by atoms with Crippen molar-refractivity contribution in [3.8, 4) is 0 Å². The lowest BCUT2D eigenvalue weighted by atomic mass is 10.00. The van der Waals surface area contributed by atoms with Gasteiger partial charge in [-0.05, 0) is 42.8 Å². The molecule has 1 aromatic rings. The van der Waals surface area contributed by atoms with Crippen LogP contribution >= 0.6 is 11.8 Å². The van der Waals surface area contributed by atoms with E-state index in [1.165, 1.54) is 24.3 Å². The zero-order chi connectivity index (χ0) is 10.7. The first-order valence-electron chi connectivity index (χ1n) is 5.35. The average molecular weight is 224 g/mol. The van der Waals surface area contributed by atoms with Crippen LogP contribution in [0, 0.1) is 5.92 Å². The number of thioether (sulfide) groups is 1. The van der Waals surface area contributed by atoms with Gasteiger partial charge in [0, 0.05) is 7.05 Å². The lowest BCUT2D eigenvalue weighted by Crippen LogP contribution is -2.13. The molecule has 1 saturated heterocycles. The predicted octanol–water partition coefficient (Wildman–Crippen LogP) is 1.92. The van der Waals surface area contributed by atoms with Gasteiger partial charge < -0.3 is 0 Å². The van der Waals surface area contributed by atoms with Crippen LogP contribution in [0.1, 0.15) is 29.0 Å². The Bertz CT molecular complexity index is 342. The molecule has 0 radical (unpaired) electrons. The summed E-state index contributed by atoms with van der Waals surface area (Å²) in [5.41, 5.74) is 1.74. The molecular formula is C11H16N2OS. The van der Waals surface area contributed by atoms with Gasteiger partial charge in [-0.3, -0.25) is 9.48 Å². The van der Waals surface area contributed by atoms with Crippen molar-refractivity contribution in [3.63, 3.8) is 0 Å². The molecule has 2 rings (SSSR count). The molecular weight excluding hydrogens is 208 g/mol. The topological polar surface area (TPSA) is 34.9 Å². The van der Waals surface area contributed by atoms with Crippen LogP contribution in [0.25, 0.3) is 0 Å². The van der Waals surface area contributed by atoms with Gasteiger partial charge in [-0.1, -0.05) is 0 Å². The normalized spacial score (nSPS) is 21.5. The Balaban J connectivity index is 2.00. The fraction of sp³-hybridized carbons (Fsp3) is 0.636. The van der Waals surface area contributed by atoms with Crippen LogP contribution in [0.5, 0.6) is 0 Å². The number of hydrogen-bond donors (Lipinski definition) is 0. The van der Waals surface area contributed by atoms with Crippen LogP contribution in [0.2, 0.25) is 0 Å². The first-order valence-corrected chi connectivity index (χ1v) is 6.51. The molecule has 1 aromatic heterocycles. The molecule has 2 heterocycles. The SMILES string of the molecule is Cn1nc(CC2CCCSC2)cc1C=O. The summed E-state index contributed by atoms with van der Waals surface area (Å²) in [5.74, 6) is 3.30. The van der Waals surface area contributed by atoms with Crippen molar-refractivity contribution in [2.45, 2.75) is 19.3 Å². The summed E-state index contributed by atoms with van der Waals surface area (Å²) >= 11 is 2.03. The third kappa shape index (κ3) is 2.62. The molecule has 0 aliphatic carbocycles. The van der Waals surface area contributed by atoms with Gasteiger partial charge in [0.2, 0.25) is 0 Å². The van der Waals surface area contributed by atoms with E-state index in [4.69, 9.17) is 0 Å². The minimum Gasteiger partial charge on any atom is -0.296 e. The molecule has 0 aromatic carbocycles. The number of nitrogens with zero attached hydrogens (tertiary/aromatic N) is 2. The van der Waals surface area contributed by atoms with E-state index in [2.05, 4.69) is 5.10 Å². The second-order valence-corrected chi connectivity index (χ2v) is 5.24. The maximum absolute atomic E-state index is 10.7. The van der Waals surface area contributed by atoms with Gasteiger partial charge in [-0.25, -0.2) is 0 Å². The quantitative estimate of drug-likeness (QED) is 0.736. The predicted molar refractivity (Wildman–Crippen MR) is 62.3 cm³/mol. The Morgan fingerprint density at radius 1 is 1.73 bits per heavy atom. The van der Waals surface area contributed by atoms with Crippen LogP contribution in [-0.4, -0.2) is 27.6 Å². The Morgan fingerprint density at radius 2 is 2.60 bits per heavy atom. The third-order valence-corrected chi connectivity index (χ3v) is 4.12. The fourth-order valence-corrected chi connectivity index (χ4v) is 3.17. The average Bonchev–Trinajstić information content (AvgIpc) is 2.60. The monoisotopic (exact) mass is 224 g/mol. The van der Waals surface area contributed by atoms with Gasteiger partial charge >= 0.3 is 0 Å². The molecule has 0 N–H and O–H groups in total. The van der Waals surface area contributed by atoms with E-state index < -0.39 is 0 Å². The van der Waals surface area contributed by atoms with Crippen molar-refractivity contribution >= 4 is 18.0 Å². The summed E-state index contributed by atoms with van der Waals surface area (Å²) in [6, 6.07) is 1.91. The lowest BCUT2D eigenvalue weighted by molar-refractivity contribution is 0.111. The minimum absolute atomic E-state index is 0.675. The zero-order valence-corrected chi connectivity index (χ0v) is 9.80. The lowest BCUT2D eigenvalue weighted by Gasteiger charge is -2.19. The van der Waals surface area contributed by atoms with Crippen LogP contribution in [0.4, 0.5) is 0 Å². The first kappa shape index (κ1) is 10.7. The molecule has 1 aliphatic rings. The van der Waals surface area contributed by atoms with E-state index in [0.29, 0.717) is 5.69 Å². The van der Waals surface area contributed by atoms with E-state index >= 15 is 0 Å². The number of aryl methyl sites for hydroxylation is 1. The van der Waals surface area contributed by atoms with Crippen LogP contribution in [-0.2, 0) is 13.5 Å². The maximum atomic E-state index is 10.7. The van der Waals surface area contributed by atoms with Gasteiger partial charge in [0.25, 0.3) is 0 Å². The molecule has 0 spiro atoms. The van der Waals surface area contributed by atoms with Crippen molar-refractivity contribution in [2.24, 2.45) is 13.0 Å². The van der Waals surface area contributed by atoms with Crippen molar-refractivity contribution in [3.05, 3.63) is 17.5 Å². The minimum atomic E-state index is 0.675. The summed E-state index contributed by atoms with van der Waals surface area (Å²) in [6.45, 7) is 0. The maximum Gasteiger partial charge on any atom is 0.168 e. The van der Waals surface area contributed by atoms with Gasteiger partial charge in [0.05, 0.1) is 5.69 Å². The van der Waals surface area contributed by atoms with Crippen LogP contribution in [0.3, 0.4) is 0 Å². The van der Waals surface area contributed by atoms with Crippen molar-refractivity contribution in [1.82, 2.24) is 9.78 Å². The Hall–Kier alpha value is -0.770. The molecule has 0 bridgehead atoms. The van der Waals surface area contributed by atoms with Gasteiger partial charge in [0.1, 0.15) is 5.69 Å². The highest BCUT2D eigenvalue weighted by atomic mass is 32.2. The summed E-state index contributed by atoms with van der Waals surface area (Å²) in [6.07, 6.45) is 4.52. The Labute approximate surface area is 94.2 Å². The largest absolute Gasteiger partial charge is 0.296 e. The number of aldehydes is 1. The molecule has 1 aliphatic heterocycles. The van der Waals surface area contributed by atoms with E-state index in [0.717, 1.165) is 24.3 Å². The van der Waals surface area contributed by atoms with E-state index in [9.17, 15) is 4.79 Å². The molecule has 82 valence electrons. The molecule has 0 amide bonds.